The van der Waals surface area contributed by atoms with E-state index in [9.17, 15) is 4.79 Å². The SMILES string of the molecule is CC(C)c1ccc2ncccc2c1.COc1cc(C)cc2c(C)ccnc12.Cc1cc(C)c2nccc(C)c2c1.Cc1ccc2cccnc2c1.Cc1ccc2nccc(C)c2c1.Cc1ccc2ncccc2c1.Cc1ccc2ncccc2c1.Cc1ccnc2ccccc12.O=Cc1ccnc2ccccc12. The second-order valence-electron chi connectivity index (χ2n) is 27.1. The zero-order chi connectivity index (χ0) is 76.5. The van der Waals surface area contributed by atoms with Gasteiger partial charge in [0.15, 0.2) is 6.29 Å². The van der Waals surface area contributed by atoms with E-state index in [2.05, 4.69) is 268 Å². The third-order valence-electron chi connectivity index (χ3n) is 18.2. The summed E-state index contributed by atoms with van der Waals surface area (Å²) < 4.78 is 5.30. The number of rotatable bonds is 3. The molecule has 0 aliphatic carbocycles. The molecule has 0 bridgehead atoms. The molecule has 9 aromatic carbocycles. The average molecular weight is 1420 g/mol. The maximum atomic E-state index is 10.6. The van der Waals surface area contributed by atoms with Crippen LogP contribution >= 0.6 is 0 Å². The van der Waals surface area contributed by atoms with Gasteiger partial charge in [-0.3, -0.25) is 49.7 Å². The van der Waals surface area contributed by atoms with Gasteiger partial charge in [-0.2, -0.15) is 0 Å². The van der Waals surface area contributed by atoms with Crippen LogP contribution in [0.1, 0.15) is 96.9 Å². The maximum absolute atomic E-state index is 10.6. The molecule has 0 aliphatic heterocycles. The van der Waals surface area contributed by atoms with Gasteiger partial charge >= 0.3 is 0 Å². The first-order valence-electron chi connectivity index (χ1n) is 36.3. The molecule has 0 fully saturated rings. The van der Waals surface area contributed by atoms with Crippen molar-refractivity contribution in [1.82, 2.24) is 44.9 Å². The molecule has 11 nitrogen and oxygen atoms in total. The molecule has 0 unspecified atom stereocenters. The van der Waals surface area contributed by atoms with Gasteiger partial charge in [-0.15, -0.1) is 0 Å². The first kappa shape index (κ1) is 77.7. The highest BCUT2D eigenvalue weighted by molar-refractivity contribution is 5.96. The molecule has 18 rings (SSSR count). The van der Waals surface area contributed by atoms with Crippen LogP contribution in [0.3, 0.4) is 0 Å². The summed E-state index contributed by atoms with van der Waals surface area (Å²) in [4.78, 5) is 48.9. The molecule has 0 spiro atoms. The lowest BCUT2D eigenvalue weighted by atomic mass is 10.0. The van der Waals surface area contributed by atoms with Crippen LogP contribution in [0.25, 0.3) is 98.1 Å². The summed E-state index contributed by atoms with van der Waals surface area (Å²) in [5.41, 5.74) is 25.5. The summed E-state index contributed by atoms with van der Waals surface area (Å²) in [5, 5.41) is 10.7. The molecule has 9 aromatic heterocycles. The van der Waals surface area contributed by atoms with Crippen molar-refractivity contribution < 1.29 is 9.53 Å². The Bertz CT molecular complexity index is 5850. The Hall–Kier alpha value is -12.9. The molecule has 0 saturated carbocycles. The number of hydrogen-bond donors (Lipinski definition) is 0. The Morgan fingerprint density at radius 1 is 0.269 bits per heavy atom. The zero-order valence-electron chi connectivity index (χ0n) is 64.3. The summed E-state index contributed by atoms with van der Waals surface area (Å²) in [7, 11) is 1.68. The van der Waals surface area contributed by atoms with E-state index >= 15 is 0 Å². The summed E-state index contributed by atoms with van der Waals surface area (Å²) in [6.45, 7) is 27.5. The van der Waals surface area contributed by atoms with Crippen LogP contribution in [0.4, 0.5) is 0 Å². The lowest BCUT2D eigenvalue weighted by Gasteiger charge is -2.07. The van der Waals surface area contributed by atoms with E-state index < -0.39 is 0 Å². The fraction of sp³-hybridized carbons (Fsp3) is 0.155. The van der Waals surface area contributed by atoms with Crippen molar-refractivity contribution in [2.24, 2.45) is 0 Å². The van der Waals surface area contributed by atoms with E-state index in [4.69, 9.17) is 4.74 Å². The standard InChI is InChI=1S/C12H13NO.2C12H13N.C11H11N.C10H7NO.4C10H9N/c1-8-6-10-9(2)4-5-13-12(10)11(7-8)14-3;1-8-6-10(3)12-11(7-8)9(2)4-5-13-12;1-9(2)10-5-6-12-11(8-10)4-3-7-13-12;1-8-3-4-11-10(7-8)9(2)5-6-12-11;12-7-8-5-6-11-10-4-2-1-3-9(8)10;2*1-8-4-5-10-9(7-8)3-2-6-11-10;1-8-4-5-9-3-2-6-11-10(9)7-8;1-8-6-7-11-10-5-3-2-4-9(8)10/h4-7H,1-3H3;4-7H,1-3H3;3-9H,1-2H3;3-7H,1-2H3;1-7H;4*2-7H,1H3. The molecule has 9 heterocycles. The molecule has 108 heavy (non-hydrogen) atoms. The molecular weight excluding hydrogens is 1320 g/mol. The van der Waals surface area contributed by atoms with Gasteiger partial charge in [-0.1, -0.05) is 139 Å². The minimum atomic E-state index is 0.588. The molecule has 0 atom stereocenters. The number of carbonyl (C=O) groups is 1. The predicted octanol–water partition coefficient (Wildman–Crippen LogP) is 24.5. The van der Waals surface area contributed by atoms with Gasteiger partial charge < -0.3 is 4.74 Å². The Labute approximate surface area is 634 Å². The molecule has 538 valence electrons. The minimum Gasteiger partial charge on any atom is -0.494 e. The van der Waals surface area contributed by atoms with E-state index in [1.807, 2.05) is 153 Å². The first-order valence-corrected chi connectivity index (χ1v) is 36.3. The van der Waals surface area contributed by atoms with Crippen molar-refractivity contribution in [2.45, 2.75) is 95.9 Å². The van der Waals surface area contributed by atoms with Crippen LogP contribution < -0.4 is 4.74 Å². The number of hydrogen-bond acceptors (Lipinski definition) is 11. The number of nitrogens with zero attached hydrogens (tertiary/aromatic N) is 9. The Morgan fingerprint density at radius 2 is 0.657 bits per heavy atom. The molecule has 18 aromatic rings. The number of pyridine rings is 9. The van der Waals surface area contributed by atoms with Crippen LogP contribution in [-0.2, 0) is 0 Å². The van der Waals surface area contributed by atoms with E-state index in [1.54, 1.807) is 19.4 Å². The highest BCUT2D eigenvalue weighted by atomic mass is 16.5. The van der Waals surface area contributed by atoms with Crippen LogP contribution in [0.5, 0.6) is 5.75 Å². The number of para-hydroxylation sites is 2. The number of carbonyl (C=O) groups excluding carboxylic acids is 1. The number of methoxy groups -OCH3 is 1. The van der Waals surface area contributed by atoms with E-state index in [-0.39, 0.29) is 0 Å². The van der Waals surface area contributed by atoms with Crippen molar-refractivity contribution in [3.8, 4) is 5.75 Å². The first-order chi connectivity index (χ1) is 52.3. The van der Waals surface area contributed by atoms with Gasteiger partial charge in [0.2, 0.25) is 0 Å². The van der Waals surface area contributed by atoms with Crippen molar-refractivity contribution in [3.63, 3.8) is 0 Å². The van der Waals surface area contributed by atoms with Crippen LogP contribution in [0.2, 0.25) is 0 Å². The van der Waals surface area contributed by atoms with Crippen LogP contribution in [-0.4, -0.2) is 58.3 Å². The fourth-order valence-electron chi connectivity index (χ4n) is 12.3. The van der Waals surface area contributed by atoms with Crippen LogP contribution in [0.15, 0.2) is 298 Å². The molecule has 0 radical (unpaired) electrons. The quantitative estimate of drug-likeness (QED) is 0.156. The van der Waals surface area contributed by atoms with E-state index in [0.29, 0.717) is 11.5 Å². The predicted molar refractivity (Wildman–Crippen MR) is 454 cm³/mol. The second-order valence-corrected chi connectivity index (χ2v) is 27.1. The lowest BCUT2D eigenvalue weighted by Crippen LogP contribution is -1.90. The summed E-state index contributed by atoms with van der Waals surface area (Å²) in [6, 6.07) is 82.0. The normalized spacial score (nSPS) is 10.4. The third-order valence-corrected chi connectivity index (χ3v) is 18.2. The van der Waals surface area contributed by atoms with Crippen LogP contribution in [0, 0.1) is 76.2 Å². The molecule has 0 saturated heterocycles. The topological polar surface area (TPSA) is 142 Å². The Balaban J connectivity index is 0.000000130. The smallest absolute Gasteiger partial charge is 0.150 e. The van der Waals surface area contributed by atoms with E-state index in [0.717, 1.165) is 67.1 Å². The number of benzene rings is 9. The van der Waals surface area contributed by atoms with Crippen molar-refractivity contribution in [3.05, 3.63) is 371 Å². The fourth-order valence-corrected chi connectivity index (χ4v) is 12.3. The molecule has 0 amide bonds. The molecule has 0 N–H and O–H groups in total. The van der Waals surface area contributed by atoms with Crippen molar-refractivity contribution in [1.29, 1.82) is 0 Å². The molecule has 0 aliphatic rings. The van der Waals surface area contributed by atoms with Gasteiger partial charge in [0.05, 0.1) is 51.2 Å². The second kappa shape index (κ2) is 38.2. The number of aromatic nitrogens is 9. The van der Waals surface area contributed by atoms with Gasteiger partial charge in [-0.05, 0) is 266 Å². The minimum absolute atomic E-state index is 0.588. The summed E-state index contributed by atoms with van der Waals surface area (Å²) in [5.74, 6) is 1.44. The maximum Gasteiger partial charge on any atom is 0.150 e. The summed E-state index contributed by atoms with van der Waals surface area (Å²) in [6.07, 6.45) is 17.2. The largest absolute Gasteiger partial charge is 0.494 e. The van der Waals surface area contributed by atoms with Crippen molar-refractivity contribution in [2.75, 3.05) is 7.11 Å². The molecular formula is C97H93N9O2. The number of aldehydes is 1. The van der Waals surface area contributed by atoms with Gasteiger partial charge in [0.1, 0.15) is 11.3 Å². The lowest BCUT2D eigenvalue weighted by molar-refractivity contribution is 0.112. The number of fused-ring (bicyclic) bond motifs is 9. The van der Waals surface area contributed by atoms with E-state index in [1.165, 1.54) is 110 Å². The third kappa shape index (κ3) is 21.4. The monoisotopic (exact) mass is 1420 g/mol. The van der Waals surface area contributed by atoms with Gasteiger partial charge in [0.25, 0.3) is 0 Å². The number of aryl methyl sites for hydroxylation is 11. The number of ether oxygens (including phenoxy) is 1. The molecule has 11 heteroatoms. The zero-order valence-corrected chi connectivity index (χ0v) is 64.3. The average Bonchev–Trinajstić information content (AvgIpc) is 0.810. The highest BCUT2D eigenvalue weighted by Gasteiger charge is 2.07. The van der Waals surface area contributed by atoms with Gasteiger partial charge in [-0.25, -0.2) is 0 Å². The Kier molecular flexibility index (Phi) is 27.5. The summed E-state index contributed by atoms with van der Waals surface area (Å²) >= 11 is 0. The van der Waals surface area contributed by atoms with Gasteiger partial charge in [0, 0.05) is 110 Å². The highest BCUT2D eigenvalue weighted by Crippen LogP contribution is 2.28. The Morgan fingerprint density at radius 3 is 1.20 bits per heavy atom. The van der Waals surface area contributed by atoms with Crippen molar-refractivity contribution >= 4 is 104 Å².